The second-order valence-corrected chi connectivity index (χ2v) is 19.4. The molecule has 0 radical (unpaired) electrons. The highest BCUT2D eigenvalue weighted by Gasteiger charge is 2.33. The van der Waals surface area contributed by atoms with E-state index in [0.717, 1.165) is 56.9 Å². The molecule has 18 heteroatoms. The highest BCUT2D eigenvalue weighted by molar-refractivity contribution is 7.22. The number of nitrogens with zero attached hydrogens (tertiary/aromatic N) is 7. The van der Waals surface area contributed by atoms with Crippen molar-refractivity contribution in [1.29, 1.82) is 0 Å². The number of hydrogen-bond donors (Lipinski definition) is 1. The van der Waals surface area contributed by atoms with E-state index in [-0.39, 0.29) is 30.4 Å². The molecule has 4 aromatic carbocycles. The van der Waals surface area contributed by atoms with Gasteiger partial charge < -0.3 is 33.7 Å². The summed E-state index contributed by atoms with van der Waals surface area (Å²) in [5.41, 5.74) is 5.97. The third kappa shape index (κ3) is 10.1. The van der Waals surface area contributed by atoms with Gasteiger partial charge in [-0.3, -0.25) is 9.80 Å². The molecule has 0 unspecified atom stereocenters. The Morgan fingerprint density at radius 1 is 0.871 bits per heavy atom. The predicted octanol–water partition coefficient (Wildman–Crippen LogP) is 9.55. The van der Waals surface area contributed by atoms with Crippen molar-refractivity contribution in [3.8, 4) is 56.1 Å². The fourth-order valence-electron chi connectivity index (χ4n) is 9.16. The Balaban J connectivity index is 1.06. The van der Waals surface area contributed by atoms with Gasteiger partial charge in [0.15, 0.2) is 11.6 Å². The molecule has 7 aromatic rings. The molecule has 11 rings (SSSR count). The van der Waals surface area contributed by atoms with Crippen LogP contribution in [0.5, 0.6) is 23.1 Å². The number of aromatic nitrogens is 4. The molecule has 2 fully saturated rings. The zero-order valence-electron chi connectivity index (χ0n) is 38.8. The van der Waals surface area contributed by atoms with Crippen LogP contribution in [0.3, 0.4) is 0 Å². The number of aliphatic carboxylic acids is 1. The van der Waals surface area contributed by atoms with Gasteiger partial charge in [-0.25, -0.2) is 29.1 Å². The fourth-order valence-corrected chi connectivity index (χ4v) is 10.8. The quantitative estimate of drug-likeness (QED) is 0.139. The monoisotopic (exact) mass is 1010 g/mol. The van der Waals surface area contributed by atoms with Crippen LogP contribution in [-0.2, 0) is 22.7 Å². The van der Waals surface area contributed by atoms with Crippen LogP contribution >= 0.6 is 34.5 Å². The first-order valence-corrected chi connectivity index (χ1v) is 24.6. The first-order chi connectivity index (χ1) is 34.0. The van der Waals surface area contributed by atoms with Crippen LogP contribution in [0.4, 0.5) is 4.39 Å². The smallest absolute Gasteiger partial charge is 0.349 e. The Kier molecular flexibility index (Phi) is 14.2. The van der Waals surface area contributed by atoms with E-state index in [1.54, 1.807) is 42.6 Å². The van der Waals surface area contributed by atoms with E-state index in [4.69, 9.17) is 51.9 Å². The molecular formula is C52H50Cl2FN7O7S. The van der Waals surface area contributed by atoms with Crippen LogP contribution in [0.15, 0.2) is 85.3 Å². The van der Waals surface area contributed by atoms with Gasteiger partial charge in [0.05, 0.1) is 34.3 Å². The minimum absolute atomic E-state index is 0.0173. The van der Waals surface area contributed by atoms with Gasteiger partial charge in [-0.05, 0) is 91.2 Å². The molecule has 1 N–H and O–H groups in total. The number of carbonyl (C=O) groups is 1. The molecule has 0 saturated carbocycles. The summed E-state index contributed by atoms with van der Waals surface area (Å²) in [5, 5.41) is 12.2. The molecule has 0 amide bonds. The van der Waals surface area contributed by atoms with Gasteiger partial charge in [0, 0.05) is 80.1 Å². The minimum atomic E-state index is -1.67. The molecule has 0 spiro atoms. The van der Waals surface area contributed by atoms with Gasteiger partial charge in [0.1, 0.15) is 47.8 Å². The van der Waals surface area contributed by atoms with Crippen LogP contribution < -0.4 is 18.9 Å². The molecule has 70 heavy (non-hydrogen) atoms. The van der Waals surface area contributed by atoms with Gasteiger partial charge in [-0.1, -0.05) is 53.5 Å². The number of likely N-dealkylation sites (N-methyl/N-ethyl adjacent to an activating group) is 1. The van der Waals surface area contributed by atoms with E-state index < -0.39 is 24.0 Å². The van der Waals surface area contributed by atoms with Crippen molar-refractivity contribution in [3.63, 3.8) is 0 Å². The Morgan fingerprint density at radius 3 is 2.40 bits per heavy atom. The van der Waals surface area contributed by atoms with Crippen molar-refractivity contribution >= 4 is 50.7 Å². The number of carboxylic acids is 1. The van der Waals surface area contributed by atoms with Crippen molar-refractivity contribution in [3.05, 3.63) is 129 Å². The number of fused-ring (bicyclic) bond motifs is 6. The lowest BCUT2D eigenvalue weighted by Gasteiger charge is -2.35. The number of benzene rings is 4. The molecule has 14 nitrogen and oxygen atoms in total. The molecule has 362 valence electrons. The lowest BCUT2D eigenvalue weighted by Crippen LogP contribution is -2.49. The number of hydrogen-bond acceptors (Lipinski definition) is 14. The molecule has 3 aromatic heterocycles. The van der Waals surface area contributed by atoms with E-state index in [9.17, 15) is 14.3 Å². The zero-order chi connectivity index (χ0) is 48.5. The Bertz CT molecular complexity index is 3030. The number of morpholine rings is 1. The lowest BCUT2D eigenvalue weighted by atomic mass is 9.92. The average Bonchev–Trinajstić information content (AvgIpc) is 3.76. The number of ether oxygens (including phenoxy) is 5. The zero-order valence-corrected chi connectivity index (χ0v) is 41.1. The van der Waals surface area contributed by atoms with E-state index in [1.807, 2.05) is 26.0 Å². The van der Waals surface area contributed by atoms with Crippen LogP contribution in [0.25, 0.3) is 43.2 Å². The third-order valence-corrected chi connectivity index (χ3v) is 15.0. The normalized spacial score (nSPS) is 18.0. The number of thiophene rings is 1. The first-order valence-electron chi connectivity index (χ1n) is 23.1. The van der Waals surface area contributed by atoms with Gasteiger partial charge in [0.2, 0.25) is 12.0 Å². The van der Waals surface area contributed by atoms with E-state index >= 15 is 0 Å². The summed E-state index contributed by atoms with van der Waals surface area (Å²) in [6.07, 6.45) is 0.770. The molecule has 2 saturated heterocycles. The van der Waals surface area contributed by atoms with Crippen LogP contribution in [-0.4, -0.2) is 124 Å². The Morgan fingerprint density at radius 2 is 1.64 bits per heavy atom. The number of rotatable bonds is 10. The summed E-state index contributed by atoms with van der Waals surface area (Å²) in [5.74, 6) is -0.314. The van der Waals surface area contributed by atoms with Gasteiger partial charge in [-0.15, -0.1) is 11.3 Å². The summed E-state index contributed by atoms with van der Waals surface area (Å²) >= 11 is 16.0. The first kappa shape index (κ1) is 47.7. The van der Waals surface area contributed by atoms with Gasteiger partial charge in [-0.2, -0.15) is 0 Å². The largest absolute Gasteiger partial charge is 0.490 e. The van der Waals surface area contributed by atoms with Crippen molar-refractivity contribution < 1.29 is 38.0 Å². The molecule has 4 bridgehead atoms. The molecule has 2 atom stereocenters. The summed E-state index contributed by atoms with van der Waals surface area (Å²) in [6, 6.07) is 21.0. The van der Waals surface area contributed by atoms with Gasteiger partial charge >= 0.3 is 5.97 Å². The maximum absolute atomic E-state index is 14.4. The summed E-state index contributed by atoms with van der Waals surface area (Å²) in [7, 11) is 2.10. The van der Waals surface area contributed by atoms with E-state index in [2.05, 4.69) is 48.8 Å². The summed E-state index contributed by atoms with van der Waals surface area (Å²) in [4.78, 5) is 40.5. The standard InChI is InChI=1S/C52H50Cl2FN7O7S/c1-30-41-31(2)45(54)47(44(30)53)68-38(26-61-17-15-60(3)16-18-61)28-66-37-11-12-40(67-27-36-13-14-56-49(59-36)34-6-4-5-32(23-34)25-62-19-21-65-22-20-62)39(24-37)46(52(63)64)69-50-43-42(41)48(70-51(43)58-29-57-50)33-7-9-35(55)10-8-33/h4-14,23-24,29,38,46H,15-22,25-28H2,1-3H3,(H,63,64)/t38-,46-/m1/s1. The maximum Gasteiger partial charge on any atom is 0.349 e. The molecule has 4 aliphatic rings. The molecule has 7 heterocycles. The lowest BCUT2D eigenvalue weighted by molar-refractivity contribution is -0.145. The molecule has 4 aliphatic heterocycles. The second kappa shape index (κ2) is 20.8. The van der Waals surface area contributed by atoms with E-state index in [0.29, 0.717) is 95.7 Å². The minimum Gasteiger partial charge on any atom is -0.490 e. The van der Waals surface area contributed by atoms with Crippen LogP contribution in [0, 0.1) is 19.7 Å². The highest BCUT2D eigenvalue weighted by Crippen LogP contribution is 2.53. The molecule has 0 aliphatic carbocycles. The van der Waals surface area contributed by atoms with Crippen molar-refractivity contribution in [1.82, 2.24) is 34.6 Å². The topological polar surface area (TPSA) is 145 Å². The second-order valence-electron chi connectivity index (χ2n) is 17.7. The summed E-state index contributed by atoms with van der Waals surface area (Å²) < 4.78 is 46.4. The molecular weight excluding hydrogens is 957 g/mol. The van der Waals surface area contributed by atoms with E-state index in [1.165, 1.54) is 29.8 Å². The number of piperazine rings is 1. The van der Waals surface area contributed by atoms with Crippen LogP contribution in [0.2, 0.25) is 10.0 Å². The van der Waals surface area contributed by atoms with Crippen molar-refractivity contribution in [2.45, 2.75) is 39.2 Å². The van der Waals surface area contributed by atoms with Gasteiger partial charge in [0.25, 0.3) is 0 Å². The highest BCUT2D eigenvalue weighted by atomic mass is 35.5. The fraction of sp³-hybridized carbons (Fsp3) is 0.327. The van der Waals surface area contributed by atoms with Crippen molar-refractivity contribution in [2.24, 2.45) is 0 Å². The number of carboxylic acid groups (broad SMARTS) is 1. The summed E-state index contributed by atoms with van der Waals surface area (Å²) in [6.45, 7) is 11.7. The SMILES string of the molecule is Cc1c(Cl)c2c(Cl)c(C)c1-c1c(-c3ccc(F)cc3)sc3ncnc(c13)O[C@@H](C(=O)O)c1cc(ccc1OCc1ccnc(-c3cccc(CN4CCOCC4)c3)n1)OC[C@@H](CN1CCN(C)CC1)O2. The number of halogens is 3. The third-order valence-electron chi connectivity index (χ3n) is 12.9. The Labute approximate surface area is 418 Å². The maximum atomic E-state index is 14.4. The average molecular weight is 1010 g/mol. The van der Waals surface area contributed by atoms with Crippen molar-refractivity contribution in [2.75, 3.05) is 72.7 Å². The predicted molar refractivity (Wildman–Crippen MR) is 267 cm³/mol. The Hall–Kier alpha value is -5.98. The van der Waals surface area contributed by atoms with Crippen LogP contribution in [0.1, 0.15) is 34.1 Å².